The summed E-state index contributed by atoms with van der Waals surface area (Å²) >= 11 is 0. The van der Waals surface area contributed by atoms with Gasteiger partial charge in [0.1, 0.15) is 18.5 Å². The lowest BCUT2D eigenvalue weighted by atomic mass is 10.2. The monoisotopic (exact) mass is 327 g/mol. The molecule has 0 saturated heterocycles. The van der Waals surface area contributed by atoms with Gasteiger partial charge in [0.15, 0.2) is 0 Å². The van der Waals surface area contributed by atoms with Crippen LogP contribution in [0.25, 0.3) is 0 Å². The molecule has 1 rings (SSSR count). The summed E-state index contributed by atoms with van der Waals surface area (Å²) in [5.41, 5.74) is 0.554. The van der Waals surface area contributed by atoms with E-state index in [1.807, 2.05) is 11.8 Å². The summed E-state index contributed by atoms with van der Waals surface area (Å²) in [5, 5.41) is 10.0. The number of carbonyl (C=O) groups is 1. The maximum Gasteiger partial charge on any atom is 0.305 e. The van der Waals surface area contributed by atoms with E-state index in [0.29, 0.717) is 38.1 Å². The Hall–Kier alpha value is -1.50. The fourth-order valence-electron chi connectivity index (χ4n) is 2.14. The van der Waals surface area contributed by atoms with Crippen LogP contribution in [0, 0.1) is 5.82 Å². The Morgan fingerprint density at radius 3 is 2.78 bits per heavy atom. The van der Waals surface area contributed by atoms with Crippen LogP contribution in [0.5, 0.6) is 0 Å². The number of hydrogen-bond donors (Lipinski definition) is 1. The first-order chi connectivity index (χ1) is 11.1. The van der Waals surface area contributed by atoms with Crippen molar-refractivity contribution in [2.75, 3.05) is 33.4 Å². The summed E-state index contributed by atoms with van der Waals surface area (Å²) in [4.78, 5) is 13.2. The van der Waals surface area contributed by atoms with E-state index < -0.39 is 6.10 Å². The van der Waals surface area contributed by atoms with Gasteiger partial charge in [0.25, 0.3) is 0 Å². The molecule has 130 valence electrons. The SMILES string of the molecule is CCCC(=O)OCC(O)CN(CCOC)Cc1ccccc1F. The Morgan fingerprint density at radius 1 is 1.39 bits per heavy atom. The molecule has 0 aliphatic carbocycles. The second-order valence-corrected chi connectivity index (χ2v) is 5.41. The number of ether oxygens (including phenoxy) is 2. The molecule has 0 aromatic heterocycles. The zero-order valence-corrected chi connectivity index (χ0v) is 13.8. The van der Waals surface area contributed by atoms with Gasteiger partial charge >= 0.3 is 5.97 Å². The molecular formula is C17H26FNO4. The number of esters is 1. The van der Waals surface area contributed by atoms with E-state index in [1.54, 1.807) is 25.3 Å². The minimum absolute atomic E-state index is 0.0560. The van der Waals surface area contributed by atoms with Crippen molar-refractivity contribution in [1.29, 1.82) is 0 Å². The van der Waals surface area contributed by atoms with E-state index in [4.69, 9.17) is 9.47 Å². The third-order valence-electron chi connectivity index (χ3n) is 3.32. The molecule has 0 fully saturated rings. The molecule has 0 spiro atoms. The predicted molar refractivity (Wildman–Crippen MR) is 85.4 cm³/mol. The van der Waals surface area contributed by atoms with Crippen LogP contribution in [-0.2, 0) is 20.8 Å². The number of aliphatic hydroxyl groups is 1. The van der Waals surface area contributed by atoms with Crippen molar-refractivity contribution in [2.24, 2.45) is 0 Å². The quantitative estimate of drug-likeness (QED) is 0.630. The molecule has 0 saturated carbocycles. The van der Waals surface area contributed by atoms with Crippen LogP contribution in [0.2, 0.25) is 0 Å². The lowest BCUT2D eigenvalue weighted by molar-refractivity contribution is -0.147. The minimum atomic E-state index is -0.820. The summed E-state index contributed by atoms with van der Waals surface area (Å²) in [6.45, 7) is 3.48. The van der Waals surface area contributed by atoms with Crippen LogP contribution in [0.1, 0.15) is 25.3 Å². The average Bonchev–Trinajstić information content (AvgIpc) is 2.53. The molecule has 0 amide bonds. The highest BCUT2D eigenvalue weighted by atomic mass is 19.1. The maximum absolute atomic E-state index is 13.8. The second-order valence-electron chi connectivity index (χ2n) is 5.41. The fraction of sp³-hybridized carbons (Fsp3) is 0.588. The summed E-state index contributed by atoms with van der Waals surface area (Å²) in [7, 11) is 1.59. The summed E-state index contributed by atoms with van der Waals surface area (Å²) < 4.78 is 23.8. The van der Waals surface area contributed by atoms with Gasteiger partial charge in [-0.15, -0.1) is 0 Å². The van der Waals surface area contributed by atoms with Crippen molar-refractivity contribution >= 4 is 5.97 Å². The average molecular weight is 327 g/mol. The number of nitrogens with zero attached hydrogens (tertiary/aromatic N) is 1. The molecule has 1 N–H and O–H groups in total. The van der Waals surface area contributed by atoms with Gasteiger partial charge < -0.3 is 14.6 Å². The summed E-state index contributed by atoms with van der Waals surface area (Å²) in [6.07, 6.45) is 0.233. The van der Waals surface area contributed by atoms with Crippen molar-refractivity contribution < 1.29 is 23.8 Å². The van der Waals surface area contributed by atoms with Gasteiger partial charge in [0.2, 0.25) is 0 Å². The van der Waals surface area contributed by atoms with Gasteiger partial charge in [-0.05, 0) is 12.5 Å². The molecule has 0 heterocycles. The summed E-state index contributed by atoms with van der Waals surface area (Å²) in [5.74, 6) is -0.595. The first kappa shape index (κ1) is 19.5. The fourth-order valence-corrected chi connectivity index (χ4v) is 2.14. The van der Waals surface area contributed by atoms with Gasteiger partial charge in [-0.2, -0.15) is 0 Å². The number of aliphatic hydroxyl groups excluding tert-OH is 1. The van der Waals surface area contributed by atoms with Gasteiger partial charge in [-0.25, -0.2) is 4.39 Å². The van der Waals surface area contributed by atoms with Gasteiger partial charge in [0.05, 0.1) is 6.61 Å². The predicted octanol–water partition coefficient (Wildman–Crippen LogP) is 1.98. The first-order valence-corrected chi connectivity index (χ1v) is 7.85. The lowest BCUT2D eigenvalue weighted by Gasteiger charge is -2.25. The molecule has 0 aliphatic heterocycles. The number of hydrogen-bond acceptors (Lipinski definition) is 5. The van der Waals surface area contributed by atoms with Gasteiger partial charge in [0, 0.05) is 38.7 Å². The van der Waals surface area contributed by atoms with Crippen molar-refractivity contribution in [2.45, 2.75) is 32.4 Å². The molecule has 0 bridgehead atoms. The van der Waals surface area contributed by atoms with Crippen LogP contribution < -0.4 is 0 Å². The number of rotatable bonds is 11. The lowest BCUT2D eigenvalue weighted by Crippen LogP contribution is -2.37. The van der Waals surface area contributed by atoms with Crippen molar-refractivity contribution in [3.8, 4) is 0 Å². The van der Waals surface area contributed by atoms with Crippen molar-refractivity contribution in [3.63, 3.8) is 0 Å². The highest BCUT2D eigenvalue weighted by Crippen LogP contribution is 2.10. The van der Waals surface area contributed by atoms with E-state index in [2.05, 4.69) is 0 Å². The number of halogens is 1. The molecule has 23 heavy (non-hydrogen) atoms. The van der Waals surface area contributed by atoms with E-state index in [0.717, 1.165) is 0 Å². The highest BCUT2D eigenvalue weighted by molar-refractivity contribution is 5.69. The molecule has 1 aromatic carbocycles. The Kier molecular flexibility index (Phi) is 9.43. The zero-order chi connectivity index (χ0) is 17.1. The smallest absolute Gasteiger partial charge is 0.305 e. The number of benzene rings is 1. The summed E-state index contributed by atoms with van der Waals surface area (Å²) in [6, 6.07) is 6.53. The van der Waals surface area contributed by atoms with Crippen LogP contribution in [0.3, 0.4) is 0 Å². The molecule has 0 aliphatic rings. The third-order valence-corrected chi connectivity index (χ3v) is 3.32. The Balaban J connectivity index is 2.53. The van der Waals surface area contributed by atoms with E-state index in [1.165, 1.54) is 6.07 Å². The Morgan fingerprint density at radius 2 is 2.13 bits per heavy atom. The van der Waals surface area contributed by atoms with Gasteiger partial charge in [-0.3, -0.25) is 9.69 Å². The first-order valence-electron chi connectivity index (χ1n) is 7.85. The normalized spacial score (nSPS) is 12.4. The standard InChI is InChI=1S/C17H26FNO4/c1-3-6-17(21)23-13-15(20)12-19(9-10-22-2)11-14-7-4-5-8-16(14)18/h4-5,7-8,15,20H,3,6,9-13H2,1-2H3. The molecule has 5 nitrogen and oxygen atoms in total. The maximum atomic E-state index is 13.8. The van der Waals surface area contributed by atoms with Gasteiger partial charge in [-0.1, -0.05) is 25.1 Å². The van der Waals surface area contributed by atoms with Crippen molar-refractivity contribution in [1.82, 2.24) is 4.90 Å². The molecule has 1 aromatic rings. The minimum Gasteiger partial charge on any atom is -0.463 e. The molecule has 1 unspecified atom stereocenters. The molecular weight excluding hydrogens is 301 g/mol. The van der Waals surface area contributed by atoms with Crippen molar-refractivity contribution in [3.05, 3.63) is 35.6 Å². The topological polar surface area (TPSA) is 59.0 Å². The molecule has 6 heteroatoms. The zero-order valence-electron chi connectivity index (χ0n) is 13.8. The van der Waals surface area contributed by atoms with E-state index in [9.17, 15) is 14.3 Å². The van der Waals surface area contributed by atoms with Crippen LogP contribution >= 0.6 is 0 Å². The second kappa shape index (κ2) is 11.1. The largest absolute Gasteiger partial charge is 0.463 e. The number of methoxy groups -OCH3 is 1. The highest BCUT2D eigenvalue weighted by Gasteiger charge is 2.15. The van der Waals surface area contributed by atoms with E-state index >= 15 is 0 Å². The molecule has 0 radical (unpaired) electrons. The van der Waals surface area contributed by atoms with Crippen LogP contribution in [0.4, 0.5) is 4.39 Å². The molecule has 1 atom stereocenters. The van der Waals surface area contributed by atoms with Crippen LogP contribution in [0.15, 0.2) is 24.3 Å². The van der Waals surface area contributed by atoms with E-state index in [-0.39, 0.29) is 24.9 Å². The Bertz CT molecular complexity index is 470. The Labute approximate surface area is 137 Å². The van der Waals surface area contributed by atoms with Crippen LogP contribution in [-0.4, -0.2) is 55.5 Å². The third kappa shape index (κ3) is 8.06. The number of carbonyl (C=O) groups excluding carboxylic acids is 1.